The molecule has 0 aliphatic carbocycles. The van der Waals surface area contributed by atoms with Crippen molar-refractivity contribution in [3.8, 4) is 0 Å². The number of carbonyl (C=O) groups excluding carboxylic acids is 1. The van der Waals surface area contributed by atoms with Gasteiger partial charge in [0.25, 0.3) is 0 Å². The molecule has 1 N–H and O–H groups in total. The third-order valence-electron chi connectivity index (χ3n) is 1.99. The highest BCUT2D eigenvalue weighted by molar-refractivity contribution is 5.77. The summed E-state index contributed by atoms with van der Waals surface area (Å²) in [6, 6.07) is 5.93. The number of rotatable bonds is 3. The molecule has 0 amide bonds. The van der Waals surface area contributed by atoms with E-state index in [0.29, 0.717) is 6.42 Å². The number of hydrogen-bond acceptors (Lipinski definition) is 2. The minimum Gasteiger partial charge on any atom is -0.345 e. The summed E-state index contributed by atoms with van der Waals surface area (Å²) in [4.78, 5) is 17.3. The van der Waals surface area contributed by atoms with E-state index >= 15 is 0 Å². The van der Waals surface area contributed by atoms with Gasteiger partial charge in [-0.2, -0.15) is 0 Å². The Kier molecular flexibility index (Phi) is 2.40. The average molecular weight is 186 g/mol. The van der Waals surface area contributed by atoms with Crippen molar-refractivity contribution in [3.63, 3.8) is 0 Å². The monoisotopic (exact) mass is 186 g/mol. The van der Waals surface area contributed by atoms with Crippen LogP contribution in [0.25, 0.3) is 17.1 Å². The summed E-state index contributed by atoms with van der Waals surface area (Å²) in [6.07, 6.45) is 6.77. The molecule has 14 heavy (non-hydrogen) atoms. The van der Waals surface area contributed by atoms with Crippen molar-refractivity contribution in [2.45, 2.75) is 6.42 Å². The van der Waals surface area contributed by atoms with Crippen molar-refractivity contribution in [1.29, 1.82) is 0 Å². The lowest BCUT2D eigenvalue weighted by Gasteiger charge is -1.92. The van der Waals surface area contributed by atoms with Crippen LogP contribution < -0.4 is 0 Å². The molecular weight excluding hydrogens is 176 g/mol. The second-order valence-corrected chi connectivity index (χ2v) is 2.98. The van der Waals surface area contributed by atoms with Gasteiger partial charge >= 0.3 is 0 Å². The fraction of sp³-hybridized carbons (Fsp3) is 0.0909. The Morgan fingerprint density at radius 1 is 1.43 bits per heavy atom. The molecule has 2 rings (SSSR count). The van der Waals surface area contributed by atoms with Gasteiger partial charge < -0.3 is 9.78 Å². The number of aromatic amines is 1. The van der Waals surface area contributed by atoms with Gasteiger partial charge in [0.15, 0.2) is 0 Å². The normalized spacial score (nSPS) is 11.1. The van der Waals surface area contributed by atoms with Crippen LogP contribution in [-0.4, -0.2) is 16.3 Å². The SMILES string of the molecule is O=CCC=Cc1ccc2nc[nH]c2c1. The van der Waals surface area contributed by atoms with E-state index in [1.807, 2.05) is 30.4 Å². The third kappa shape index (κ3) is 1.71. The Morgan fingerprint density at radius 3 is 3.21 bits per heavy atom. The number of aldehydes is 1. The number of hydrogen-bond donors (Lipinski definition) is 1. The highest BCUT2D eigenvalue weighted by Gasteiger charge is 1.94. The van der Waals surface area contributed by atoms with Gasteiger partial charge in [0, 0.05) is 6.42 Å². The van der Waals surface area contributed by atoms with Crippen LogP contribution in [0.2, 0.25) is 0 Å². The molecule has 0 aliphatic heterocycles. The van der Waals surface area contributed by atoms with E-state index in [0.717, 1.165) is 22.9 Å². The van der Waals surface area contributed by atoms with E-state index in [2.05, 4.69) is 9.97 Å². The molecule has 0 bridgehead atoms. The fourth-order valence-electron chi connectivity index (χ4n) is 1.32. The Hall–Kier alpha value is -1.90. The van der Waals surface area contributed by atoms with Crippen molar-refractivity contribution in [2.75, 3.05) is 0 Å². The summed E-state index contributed by atoms with van der Waals surface area (Å²) in [6.45, 7) is 0. The van der Waals surface area contributed by atoms with E-state index in [4.69, 9.17) is 0 Å². The summed E-state index contributed by atoms with van der Waals surface area (Å²) < 4.78 is 0. The topological polar surface area (TPSA) is 45.8 Å². The van der Waals surface area contributed by atoms with Crippen LogP contribution in [0.1, 0.15) is 12.0 Å². The molecule has 0 radical (unpaired) electrons. The first-order valence-corrected chi connectivity index (χ1v) is 4.43. The molecule has 3 heteroatoms. The lowest BCUT2D eigenvalue weighted by Crippen LogP contribution is -1.74. The lowest BCUT2D eigenvalue weighted by atomic mass is 10.2. The number of fused-ring (bicyclic) bond motifs is 1. The zero-order valence-electron chi connectivity index (χ0n) is 7.60. The van der Waals surface area contributed by atoms with Crippen LogP contribution in [0.3, 0.4) is 0 Å². The van der Waals surface area contributed by atoms with Crippen LogP contribution in [0, 0.1) is 0 Å². The van der Waals surface area contributed by atoms with E-state index in [1.54, 1.807) is 6.33 Å². The van der Waals surface area contributed by atoms with Crippen LogP contribution in [0.5, 0.6) is 0 Å². The molecule has 0 spiro atoms. The highest BCUT2D eigenvalue weighted by atomic mass is 16.1. The van der Waals surface area contributed by atoms with Gasteiger partial charge in [-0.15, -0.1) is 0 Å². The van der Waals surface area contributed by atoms with E-state index in [1.165, 1.54) is 0 Å². The molecule has 0 unspecified atom stereocenters. The first-order chi connectivity index (χ1) is 6.90. The van der Waals surface area contributed by atoms with Crippen LogP contribution >= 0.6 is 0 Å². The number of H-pyrrole nitrogens is 1. The zero-order valence-corrected chi connectivity index (χ0v) is 7.60. The maximum Gasteiger partial charge on any atom is 0.123 e. The lowest BCUT2D eigenvalue weighted by molar-refractivity contribution is -0.107. The van der Waals surface area contributed by atoms with Gasteiger partial charge in [-0.1, -0.05) is 18.2 Å². The van der Waals surface area contributed by atoms with E-state index < -0.39 is 0 Å². The van der Waals surface area contributed by atoms with E-state index in [-0.39, 0.29) is 0 Å². The Bertz CT molecular complexity index is 471. The molecule has 0 atom stereocenters. The maximum atomic E-state index is 10.1. The first-order valence-electron chi connectivity index (χ1n) is 4.43. The number of aromatic nitrogens is 2. The number of benzene rings is 1. The van der Waals surface area contributed by atoms with Crippen molar-refractivity contribution >= 4 is 23.4 Å². The number of imidazole rings is 1. The minimum absolute atomic E-state index is 0.459. The smallest absolute Gasteiger partial charge is 0.123 e. The number of nitrogens with one attached hydrogen (secondary N) is 1. The third-order valence-corrected chi connectivity index (χ3v) is 1.99. The second kappa shape index (κ2) is 3.87. The Labute approximate surface area is 81.5 Å². The molecule has 1 aromatic carbocycles. The Morgan fingerprint density at radius 2 is 2.36 bits per heavy atom. The average Bonchev–Trinajstić information content (AvgIpc) is 2.65. The minimum atomic E-state index is 0.459. The standard InChI is InChI=1S/C11H10N2O/c14-6-2-1-3-9-4-5-10-11(7-9)13-8-12-10/h1,3-8H,2H2,(H,12,13). The molecule has 70 valence electrons. The van der Waals surface area contributed by atoms with Crippen LogP contribution in [-0.2, 0) is 4.79 Å². The molecule has 0 saturated carbocycles. The van der Waals surface area contributed by atoms with Gasteiger partial charge in [0.1, 0.15) is 6.29 Å². The number of nitrogens with zero attached hydrogens (tertiary/aromatic N) is 1. The van der Waals surface area contributed by atoms with E-state index in [9.17, 15) is 4.79 Å². The Balaban J connectivity index is 2.29. The summed E-state index contributed by atoms with van der Waals surface area (Å²) in [5.41, 5.74) is 3.04. The van der Waals surface area contributed by atoms with Crippen molar-refractivity contribution in [3.05, 3.63) is 36.2 Å². The largest absolute Gasteiger partial charge is 0.345 e. The number of carbonyl (C=O) groups is 1. The summed E-state index contributed by atoms with van der Waals surface area (Å²) in [7, 11) is 0. The van der Waals surface area contributed by atoms with Gasteiger partial charge in [-0.25, -0.2) is 4.98 Å². The molecule has 1 aromatic heterocycles. The van der Waals surface area contributed by atoms with Crippen LogP contribution in [0.4, 0.5) is 0 Å². The zero-order chi connectivity index (χ0) is 9.80. The quantitative estimate of drug-likeness (QED) is 0.746. The first kappa shape index (κ1) is 8.69. The molecule has 3 nitrogen and oxygen atoms in total. The van der Waals surface area contributed by atoms with Gasteiger partial charge in [0.05, 0.1) is 17.4 Å². The van der Waals surface area contributed by atoms with Crippen molar-refractivity contribution in [2.24, 2.45) is 0 Å². The van der Waals surface area contributed by atoms with Gasteiger partial charge in [0.2, 0.25) is 0 Å². The maximum absolute atomic E-state index is 10.1. The molecule has 1 heterocycles. The van der Waals surface area contributed by atoms with Gasteiger partial charge in [-0.3, -0.25) is 0 Å². The van der Waals surface area contributed by atoms with Crippen molar-refractivity contribution < 1.29 is 4.79 Å². The molecule has 2 aromatic rings. The predicted molar refractivity (Wildman–Crippen MR) is 55.8 cm³/mol. The summed E-state index contributed by atoms with van der Waals surface area (Å²) in [5.74, 6) is 0. The van der Waals surface area contributed by atoms with Crippen LogP contribution in [0.15, 0.2) is 30.6 Å². The molecule has 0 fully saturated rings. The number of allylic oxidation sites excluding steroid dienone is 1. The van der Waals surface area contributed by atoms with Gasteiger partial charge in [-0.05, 0) is 17.7 Å². The second-order valence-electron chi connectivity index (χ2n) is 2.98. The predicted octanol–water partition coefficient (Wildman–Crippen LogP) is 2.17. The highest BCUT2D eigenvalue weighted by Crippen LogP contribution is 2.12. The molecule has 0 aliphatic rings. The fourth-order valence-corrected chi connectivity index (χ4v) is 1.32. The summed E-state index contributed by atoms with van der Waals surface area (Å²) in [5, 5.41) is 0. The molecule has 0 saturated heterocycles. The molecular formula is C11H10N2O. The summed E-state index contributed by atoms with van der Waals surface area (Å²) >= 11 is 0. The van der Waals surface area contributed by atoms with Crippen molar-refractivity contribution in [1.82, 2.24) is 9.97 Å².